The van der Waals surface area contributed by atoms with E-state index in [4.69, 9.17) is 5.84 Å². The van der Waals surface area contributed by atoms with Crippen molar-refractivity contribution in [3.8, 4) is 0 Å². The molecular weight excluding hydrogens is 226 g/mol. The summed E-state index contributed by atoms with van der Waals surface area (Å²) in [7, 11) is 0. The lowest BCUT2D eigenvalue weighted by atomic mass is 10.3. The lowest BCUT2D eigenvalue weighted by molar-refractivity contribution is 1.19. The predicted octanol–water partition coefficient (Wildman–Crippen LogP) is 2.72. The molecule has 2 aromatic heterocycles. The molecule has 0 bridgehead atoms. The molecule has 0 amide bonds. The number of thioether (sulfide) groups is 1. The molecule has 2 heterocycles. The second-order valence-electron chi connectivity index (χ2n) is 2.92. The zero-order valence-electron chi connectivity index (χ0n) is 8.01. The highest BCUT2D eigenvalue weighted by Crippen LogP contribution is 2.26. The molecule has 0 aromatic carbocycles. The molecule has 0 spiro atoms. The average molecular weight is 237 g/mol. The van der Waals surface area contributed by atoms with Gasteiger partial charge in [0.25, 0.3) is 0 Å². The molecule has 0 unspecified atom stereocenters. The maximum Gasteiger partial charge on any atom is 0.139 e. The maximum atomic E-state index is 5.23. The molecular formula is C10H11N3S2. The topological polar surface area (TPSA) is 50.9 Å². The van der Waals surface area contributed by atoms with Gasteiger partial charge in [-0.2, -0.15) is 0 Å². The van der Waals surface area contributed by atoms with Crippen LogP contribution in [-0.4, -0.2) is 4.98 Å². The lowest BCUT2D eigenvalue weighted by Crippen LogP contribution is -2.08. The van der Waals surface area contributed by atoms with Crippen molar-refractivity contribution in [3.05, 3.63) is 41.4 Å². The summed E-state index contributed by atoms with van der Waals surface area (Å²) in [5.74, 6) is 6.87. The maximum absolute atomic E-state index is 5.23. The van der Waals surface area contributed by atoms with Gasteiger partial charge in [-0.1, -0.05) is 12.1 Å². The van der Waals surface area contributed by atoms with Gasteiger partial charge in [-0.05, 0) is 23.1 Å². The summed E-state index contributed by atoms with van der Waals surface area (Å²) in [6.45, 7) is 0. The zero-order valence-corrected chi connectivity index (χ0v) is 9.65. The van der Waals surface area contributed by atoms with Gasteiger partial charge in [-0.3, -0.25) is 0 Å². The van der Waals surface area contributed by atoms with Gasteiger partial charge in [0, 0.05) is 11.9 Å². The lowest BCUT2D eigenvalue weighted by Gasteiger charge is -2.01. The Balaban J connectivity index is 1.93. The fraction of sp³-hybridized carbons (Fsp3) is 0.100. The zero-order chi connectivity index (χ0) is 10.5. The van der Waals surface area contributed by atoms with Crippen molar-refractivity contribution in [2.75, 3.05) is 5.43 Å². The molecule has 3 N–H and O–H groups in total. The van der Waals surface area contributed by atoms with Crippen LogP contribution in [0.4, 0.5) is 5.82 Å². The number of nitrogens with two attached hydrogens (primary N) is 1. The monoisotopic (exact) mass is 237 g/mol. The van der Waals surface area contributed by atoms with Crippen LogP contribution >= 0.6 is 23.1 Å². The minimum Gasteiger partial charge on any atom is -0.308 e. The summed E-state index contributed by atoms with van der Waals surface area (Å²) in [6, 6.07) is 8.10. The van der Waals surface area contributed by atoms with Gasteiger partial charge in [0.15, 0.2) is 0 Å². The molecule has 2 rings (SSSR count). The van der Waals surface area contributed by atoms with Gasteiger partial charge in [0.1, 0.15) is 5.82 Å². The summed E-state index contributed by atoms with van der Waals surface area (Å²) < 4.78 is 1.33. The normalized spacial score (nSPS) is 10.2. The number of pyridine rings is 1. The molecule has 5 heteroatoms. The molecule has 0 fully saturated rings. The van der Waals surface area contributed by atoms with E-state index in [9.17, 15) is 0 Å². The highest BCUT2D eigenvalue weighted by Gasteiger charge is 1.97. The van der Waals surface area contributed by atoms with Crippen LogP contribution in [0.5, 0.6) is 0 Å². The van der Waals surface area contributed by atoms with Crippen molar-refractivity contribution < 1.29 is 0 Å². The number of hydrogen-bond acceptors (Lipinski definition) is 5. The van der Waals surface area contributed by atoms with Crippen molar-refractivity contribution >= 4 is 28.9 Å². The van der Waals surface area contributed by atoms with E-state index in [1.807, 2.05) is 30.1 Å². The second-order valence-corrected chi connectivity index (χ2v) is 5.14. The minimum atomic E-state index is 0.694. The number of rotatable bonds is 4. The number of hydrogen-bond donors (Lipinski definition) is 2. The van der Waals surface area contributed by atoms with Gasteiger partial charge in [-0.15, -0.1) is 23.1 Å². The fourth-order valence-electron chi connectivity index (χ4n) is 1.10. The number of nitrogen functional groups attached to an aromatic ring is 1. The Kier molecular flexibility index (Phi) is 3.60. The van der Waals surface area contributed by atoms with Crippen molar-refractivity contribution in [2.24, 2.45) is 5.84 Å². The summed E-state index contributed by atoms with van der Waals surface area (Å²) in [5.41, 5.74) is 3.71. The molecule has 0 atom stereocenters. The third-order valence-corrected chi connectivity index (χ3v) is 4.05. The van der Waals surface area contributed by atoms with E-state index in [0.29, 0.717) is 5.82 Å². The number of aromatic nitrogens is 1. The van der Waals surface area contributed by atoms with Crippen LogP contribution in [0.3, 0.4) is 0 Å². The van der Waals surface area contributed by atoms with E-state index in [2.05, 4.69) is 27.9 Å². The average Bonchev–Trinajstić information content (AvgIpc) is 2.80. The first-order valence-electron chi connectivity index (χ1n) is 4.46. The summed E-state index contributed by atoms with van der Waals surface area (Å²) in [4.78, 5) is 4.15. The molecule has 15 heavy (non-hydrogen) atoms. The van der Waals surface area contributed by atoms with Gasteiger partial charge < -0.3 is 5.43 Å². The Hall–Kier alpha value is -1.04. The Morgan fingerprint density at radius 1 is 1.40 bits per heavy atom. The van der Waals surface area contributed by atoms with Gasteiger partial charge in [0.05, 0.1) is 4.21 Å². The standard InChI is InChI=1S/C10H11N3S2/c11-13-9-4-3-8(6-12-9)7-15-10-2-1-5-14-10/h1-6H,7,11H2,(H,12,13). The third-order valence-electron chi connectivity index (χ3n) is 1.85. The number of hydrazine groups is 1. The number of thiophene rings is 1. The Morgan fingerprint density at radius 3 is 2.93 bits per heavy atom. The van der Waals surface area contributed by atoms with Crippen LogP contribution in [0.25, 0.3) is 0 Å². The minimum absolute atomic E-state index is 0.694. The molecule has 3 nitrogen and oxygen atoms in total. The first-order chi connectivity index (χ1) is 7.38. The molecule has 0 radical (unpaired) electrons. The highest BCUT2D eigenvalue weighted by molar-refractivity contribution is 8.00. The number of anilines is 1. The number of nitrogens with one attached hydrogen (secondary N) is 1. The SMILES string of the molecule is NNc1ccc(CSc2cccs2)cn1. The Morgan fingerprint density at radius 2 is 2.33 bits per heavy atom. The van der Waals surface area contributed by atoms with Crippen molar-refractivity contribution in [1.29, 1.82) is 0 Å². The van der Waals surface area contributed by atoms with E-state index in [-0.39, 0.29) is 0 Å². The number of nitrogens with zero attached hydrogens (tertiary/aromatic N) is 1. The van der Waals surface area contributed by atoms with Crippen LogP contribution in [0.1, 0.15) is 5.56 Å². The quantitative estimate of drug-likeness (QED) is 0.488. The molecule has 0 aliphatic heterocycles. The van der Waals surface area contributed by atoms with E-state index < -0.39 is 0 Å². The molecule has 0 saturated heterocycles. The molecule has 0 aliphatic carbocycles. The Labute approximate surface area is 96.7 Å². The first-order valence-corrected chi connectivity index (χ1v) is 6.33. The summed E-state index contributed by atoms with van der Waals surface area (Å²) in [5, 5.41) is 2.09. The van der Waals surface area contributed by atoms with Gasteiger partial charge in [-0.25, -0.2) is 10.8 Å². The fourth-order valence-corrected chi connectivity index (χ4v) is 2.81. The predicted molar refractivity (Wildman–Crippen MR) is 65.9 cm³/mol. The van der Waals surface area contributed by atoms with E-state index in [1.165, 1.54) is 9.77 Å². The van der Waals surface area contributed by atoms with E-state index in [1.54, 1.807) is 11.3 Å². The van der Waals surface area contributed by atoms with Crippen LogP contribution < -0.4 is 11.3 Å². The van der Waals surface area contributed by atoms with Crippen LogP contribution in [0.15, 0.2) is 40.1 Å². The Bertz CT molecular complexity index is 397. The first kappa shape index (κ1) is 10.5. The van der Waals surface area contributed by atoms with Gasteiger partial charge in [0.2, 0.25) is 0 Å². The van der Waals surface area contributed by atoms with Crippen molar-refractivity contribution in [2.45, 2.75) is 9.96 Å². The van der Waals surface area contributed by atoms with Crippen molar-refractivity contribution in [1.82, 2.24) is 4.98 Å². The van der Waals surface area contributed by atoms with Crippen LogP contribution in [-0.2, 0) is 5.75 Å². The van der Waals surface area contributed by atoms with E-state index in [0.717, 1.165) is 5.75 Å². The van der Waals surface area contributed by atoms with Gasteiger partial charge >= 0.3 is 0 Å². The van der Waals surface area contributed by atoms with Crippen molar-refractivity contribution in [3.63, 3.8) is 0 Å². The van der Waals surface area contributed by atoms with E-state index >= 15 is 0 Å². The largest absolute Gasteiger partial charge is 0.308 e. The highest BCUT2D eigenvalue weighted by atomic mass is 32.2. The second kappa shape index (κ2) is 5.16. The smallest absolute Gasteiger partial charge is 0.139 e. The summed E-state index contributed by atoms with van der Waals surface area (Å²) >= 11 is 3.58. The van der Waals surface area contributed by atoms with Crippen LogP contribution in [0, 0.1) is 0 Å². The summed E-state index contributed by atoms with van der Waals surface area (Å²) in [6.07, 6.45) is 1.84. The molecule has 0 aliphatic rings. The third kappa shape index (κ3) is 2.95. The molecule has 0 saturated carbocycles. The van der Waals surface area contributed by atoms with Crippen LogP contribution in [0.2, 0.25) is 0 Å². The molecule has 78 valence electrons. The molecule has 2 aromatic rings.